The second kappa shape index (κ2) is 10.9. The monoisotopic (exact) mass is 480 g/mol. The van der Waals surface area contributed by atoms with Gasteiger partial charge in [0.15, 0.2) is 6.10 Å². The summed E-state index contributed by atoms with van der Waals surface area (Å²) < 4.78 is 10.8. The lowest BCUT2D eigenvalue weighted by Gasteiger charge is -2.23. The topological polar surface area (TPSA) is 114 Å². The molecule has 3 N–H and O–H groups in total. The van der Waals surface area contributed by atoms with Crippen molar-refractivity contribution < 1.29 is 29.0 Å². The number of carbonyl (C=O) groups is 3. The van der Waals surface area contributed by atoms with Crippen molar-refractivity contribution in [2.75, 3.05) is 19.8 Å². The molecule has 1 unspecified atom stereocenters. The third-order valence-corrected chi connectivity index (χ3v) is 6.63. The lowest BCUT2D eigenvalue weighted by atomic mass is 9.95. The molecular weight excluding hydrogens is 448 g/mol. The van der Waals surface area contributed by atoms with Crippen LogP contribution in [0.3, 0.4) is 0 Å². The molecule has 1 heterocycles. The average molecular weight is 481 g/mol. The Morgan fingerprint density at radius 3 is 2.29 bits per heavy atom. The summed E-state index contributed by atoms with van der Waals surface area (Å²) in [6, 6.07) is 15.7. The number of hydrogen-bond acceptors (Lipinski definition) is 5. The third kappa shape index (κ3) is 5.65. The van der Waals surface area contributed by atoms with Crippen molar-refractivity contribution in [3.05, 3.63) is 59.7 Å². The van der Waals surface area contributed by atoms with Gasteiger partial charge in [-0.2, -0.15) is 0 Å². The summed E-state index contributed by atoms with van der Waals surface area (Å²) in [6.45, 7) is 4.57. The fourth-order valence-electron chi connectivity index (χ4n) is 4.99. The van der Waals surface area contributed by atoms with Crippen LogP contribution in [0.15, 0.2) is 48.5 Å². The van der Waals surface area contributed by atoms with Crippen molar-refractivity contribution in [1.29, 1.82) is 0 Å². The summed E-state index contributed by atoms with van der Waals surface area (Å²) in [6.07, 6.45) is -0.646. The highest BCUT2D eigenvalue weighted by Gasteiger charge is 2.36. The van der Waals surface area contributed by atoms with Gasteiger partial charge in [-0.1, -0.05) is 62.4 Å². The highest BCUT2D eigenvalue weighted by molar-refractivity contribution is 5.82. The SMILES string of the molecule is CC(C)CC(CNC(=O)OCC1c2ccccc2-c2ccccc21)C(=O)N[C@H]1CCO[C@H]1C(=O)O. The van der Waals surface area contributed by atoms with E-state index < -0.39 is 30.1 Å². The minimum Gasteiger partial charge on any atom is -0.479 e. The highest BCUT2D eigenvalue weighted by Crippen LogP contribution is 2.44. The number of nitrogens with one attached hydrogen (secondary N) is 2. The van der Waals surface area contributed by atoms with Crippen LogP contribution in [0.2, 0.25) is 0 Å². The smallest absolute Gasteiger partial charge is 0.407 e. The van der Waals surface area contributed by atoms with Gasteiger partial charge in [-0.05, 0) is 41.0 Å². The number of aliphatic carboxylic acids is 1. The lowest BCUT2D eigenvalue weighted by Crippen LogP contribution is -2.48. The number of fused-ring (bicyclic) bond motifs is 3. The zero-order chi connectivity index (χ0) is 24.9. The van der Waals surface area contributed by atoms with Crippen LogP contribution in [0.4, 0.5) is 4.79 Å². The maximum absolute atomic E-state index is 12.9. The van der Waals surface area contributed by atoms with Gasteiger partial charge in [0, 0.05) is 19.1 Å². The molecule has 0 spiro atoms. The first-order valence-corrected chi connectivity index (χ1v) is 12.1. The van der Waals surface area contributed by atoms with Crippen LogP contribution in [-0.2, 0) is 19.1 Å². The Morgan fingerprint density at radius 1 is 1.06 bits per heavy atom. The third-order valence-electron chi connectivity index (χ3n) is 6.63. The maximum atomic E-state index is 12.9. The van der Waals surface area contributed by atoms with E-state index >= 15 is 0 Å². The molecule has 0 radical (unpaired) electrons. The van der Waals surface area contributed by atoms with Gasteiger partial charge in [-0.15, -0.1) is 0 Å². The summed E-state index contributed by atoms with van der Waals surface area (Å²) in [7, 11) is 0. The Balaban J connectivity index is 1.34. The molecule has 1 aliphatic heterocycles. The molecule has 186 valence electrons. The van der Waals surface area contributed by atoms with Gasteiger partial charge in [-0.25, -0.2) is 9.59 Å². The number of alkyl carbamates (subject to hydrolysis) is 1. The van der Waals surface area contributed by atoms with Crippen molar-refractivity contribution in [2.45, 2.75) is 44.8 Å². The number of hydrogen-bond donors (Lipinski definition) is 3. The van der Waals surface area contributed by atoms with E-state index in [4.69, 9.17) is 9.47 Å². The predicted octanol–water partition coefficient (Wildman–Crippen LogP) is 3.55. The maximum Gasteiger partial charge on any atom is 0.407 e. The van der Waals surface area contributed by atoms with E-state index in [-0.39, 0.29) is 37.5 Å². The van der Waals surface area contributed by atoms with Crippen molar-refractivity contribution in [3.8, 4) is 11.1 Å². The largest absolute Gasteiger partial charge is 0.479 e. The van der Waals surface area contributed by atoms with Gasteiger partial charge in [0.2, 0.25) is 5.91 Å². The van der Waals surface area contributed by atoms with E-state index in [2.05, 4.69) is 34.9 Å². The van der Waals surface area contributed by atoms with Crippen LogP contribution in [0.5, 0.6) is 0 Å². The predicted molar refractivity (Wildman–Crippen MR) is 130 cm³/mol. The second-order valence-electron chi connectivity index (χ2n) is 9.57. The summed E-state index contributed by atoms with van der Waals surface area (Å²) in [5.74, 6) is -1.72. The average Bonchev–Trinajstić information content (AvgIpc) is 3.43. The number of rotatable bonds is 9. The number of carboxylic acids is 1. The Hall–Kier alpha value is -3.39. The minimum atomic E-state index is -1.09. The van der Waals surface area contributed by atoms with Crippen LogP contribution in [0.1, 0.15) is 43.7 Å². The minimum absolute atomic E-state index is 0.0433. The molecule has 2 aromatic rings. The fourth-order valence-corrected chi connectivity index (χ4v) is 4.99. The fraction of sp³-hybridized carbons (Fsp3) is 0.444. The molecule has 8 heteroatoms. The van der Waals surface area contributed by atoms with Gasteiger partial charge in [0.1, 0.15) is 6.61 Å². The van der Waals surface area contributed by atoms with Crippen LogP contribution in [0, 0.1) is 11.8 Å². The van der Waals surface area contributed by atoms with Crippen LogP contribution in [-0.4, -0.2) is 55.0 Å². The first-order chi connectivity index (χ1) is 16.8. The molecule has 0 aromatic heterocycles. The van der Waals surface area contributed by atoms with E-state index in [0.717, 1.165) is 22.3 Å². The summed E-state index contributed by atoms with van der Waals surface area (Å²) in [5.41, 5.74) is 4.57. The lowest BCUT2D eigenvalue weighted by molar-refractivity contribution is -0.148. The van der Waals surface area contributed by atoms with Crippen LogP contribution in [0.25, 0.3) is 11.1 Å². The molecular formula is C27H32N2O6. The molecule has 1 fully saturated rings. The number of ether oxygens (including phenoxy) is 2. The molecule has 2 aromatic carbocycles. The molecule has 1 aliphatic carbocycles. The Bertz CT molecular complexity index is 1040. The molecule has 0 bridgehead atoms. The molecule has 35 heavy (non-hydrogen) atoms. The molecule has 2 amide bonds. The molecule has 0 saturated carbocycles. The second-order valence-corrected chi connectivity index (χ2v) is 9.57. The normalized spacial score (nSPS) is 19.6. The number of benzene rings is 2. The number of carbonyl (C=O) groups excluding carboxylic acids is 2. The molecule has 8 nitrogen and oxygen atoms in total. The van der Waals surface area contributed by atoms with Crippen molar-refractivity contribution in [2.24, 2.45) is 11.8 Å². The Kier molecular flexibility index (Phi) is 7.70. The van der Waals surface area contributed by atoms with Crippen molar-refractivity contribution >= 4 is 18.0 Å². The zero-order valence-corrected chi connectivity index (χ0v) is 20.0. The van der Waals surface area contributed by atoms with Gasteiger partial charge in [-0.3, -0.25) is 4.79 Å². The molecule has 2 aliphatic rings. The Morgan fingerprint density at radius 2 is 1.69 bits per heavy atom. The van der Waals surface area contributed by atoms with E-state index in [0.29, 0.717) is 12.8 Å². The van der Waals surface area contributed by atoms with Gasteiger partial charge >= 0.3 is 12.1 Å². The highest BCUT2D eigenvalue weighted by atomic mass is 16.5. The Labute approximate surface area is 205 Å². The summed E-state index contributed by atoms with van der Waals surface area (Å²) >= 11 is 0. The molecule has 1 saturated heterocycles. The van der Waals surface area contributed by atoms with E-state index in [1.807, 2.05) is 38.1 Å². The first kappa shape index (κ1) is 24.7. The van der Waals surface area contributed by atoms with E-state index in [1.165, 1.54) is 0 Å². The standard InChI is InChI=1S/C27H32N2O6/c1-16(2)13-17(25(30)29-23-11-12-34-24(23)26(31)32)14-28-27(33)35-15-22-20-9-5-3-7-18(20)19-8-4-6-10-21(19)22/h3-10,16-17,22-24H,11-15H2,1-2H3,(H,28,33)(H,29,30)(H,31,32)/t17?,23-,24+/m0/s1. The van der Waals surface area contributed by atoms with Gasteiger partial charge < -0.3 is 25.2 Å². The van der Waals surface area contributed by atoms with Crippen molar-refractivity contribution in [3.63, 3.8) is 0 Å². The molecule has 4 rings (SSSR count). The quantitative estimate of drug-likeness (QED) is 0.506. The number of amides is 2. The van der Waals surface area contributed by atoms with Gasteiger partial charge in [0.05, 0.1) is 12.0 Å². The van der Waals surface area contributed by atoms with Crippen LogP contribution >= 0.6 is 0 Å². The zero-order valence-electron chi connectivity index (χ0n) is 20.0. The first-order valence-electron chi connectivity index (χ1n) is 12.1. The van der Waals surface area contributed by atoms with Crippen molar-refractivity contribution in [1.82, 2.24) is 10.6 Å². The summed E-state index contributed by atoms with van der Waals surface area (Å²) in [5, 5.41) is 14.8. The molecule has 3 atom stereocenters. The number of carboxylic acid groups (broad SMARTS) is 1. The van der Waals surface area contributed by atoms with E-state index in [1.54, 1.807) is 0 Å². The van der Waals surface area contributed by atoms with Crippen LogP contribution < -0.4 is 10.6 Å². The van der Waals surface area contributed by atoms with E-state index in [9.17, 15) is 19.5 Å². The summed E-state index contributed by atoms with van der Waals surface area (Å²) in [4.78, 5) is 36.8. The van der Waals surface area contributed by atoms with Gasteiger partial charge in [0.25, 0.3) is 0 Å².